The van der Waals surface area contributed by atoms with Crippen LogP contribution < -0.4 is 4.83 Å². The van der Waals surface area contributed by atoms with Crippen LogP contribution in [0.15, 0.2) is 28.2 Å². The highest BCUT2D eigenvalue weighted by Gasteiger charge is 2.17. The monoisotopic (exact) mass is 214 g/mol. The van der Waals surface area contributed by atoms with Gasteiger partial charge in [-0.15, -0.1) is 0 Å². The molecule has 1 aromatic carbocycles. The maximum absolute atomic E-state index is 11.4. The molecule has 6 heteroatoms. The van der Waals surface area contributed by atoms with Crippen molar-refractivity contribution >= 4 is 16.7 Å². The number of nitrogens with zero attached hydrogens (tertiary/aromatic N) is 1. The van der Waals surface area contributed by atoms with Crippen LogP contribution in [0.2, 0.25) is 0 Å². The number of sulfonamides is 1. The normalized spacial score (nSPS) is 10.9. The highest BCUT2D eigenvalue weighted by molar-refractivity contribution is 7.89. The van der Waals surface area contributed by atoms with E-state index < -0.39 is 10.0 Å². The summed E-state index contributed by atoms with van der Waals surface area (Å²) in [7, 11) is -3.79. The van der Waals surface area contributed by atoms with Gasteiger partial charge in [0, 0.05) is 6.72 Å². The van der Waals surface area contributed by atoms with Gasteiger partial charge in [0.25, 0.3) is 10.0 Å². The van der Waals surface area contributed by atoms with E-state index in [-0.39, 0.29) is 10.6 Å². The lowest BCUT2D eigenvalue weighted by molar-refractivity contribution is 0.457. The molecule has 0 aliphatic carbocycles. The number of rotatable bonds is 3. The summed E-state index contributed by atoms with van der Waals surface area (Å²) in [5, 5.41) is 12.4. The van der Waals surface area contributed by atoms with Crippen LogP contribution in [-0.2, 0) is 10.0 Å². The van der Waals surface area contributed by atoms with Crippen molar-refractivity contribution in [3.63, 3.8) is 0 Å². The van der Waals surface area contributed by atoms with E-state index in [0.717, 1.165) is 5.56 Å². The van der Waals surface area contributed by atoms with E-state index in [0.29, 0.717) is 0 Å². The van der Waals surface area contributed by atoms with Crippen molar-refractivity contribution in [3.05, 3.63) is 23.8 Å². The molecule has 0 heterocycles. The minimum absolute atomic E-state index is 0.212. The first-order valence-electron chi connectivity index (χ1n) is 3.74. The number of nitrogens with one attached hydrogen (secondary N) is 1. The van der Waals surface area contributed by atoms with E-state index in [1.165, 1.54) is 12.1 Å². The third-order valence-electron chi connectivity index (χ3n) is 1.59. The van der Waals surface area contributed by atoms with E-state index in [1.807, 2.05) is 4.83 Å². The summed E-state index contributed by atoms with van der Waals surface area (Å²) in [6, 6.07) is 4.24. The first kappa shape index (κ1) is 10.5. The molecular weight excluding hydrogens is 204 g/mol. The largest absolute Gasteiger partial charge is 0.507 e. The second-order valence-electron chi connectivity index (χ2n) is 2.72. The van der Waals surface area contributed by atoms with E-state index in [2.05, 4.69) is 11.8 Å². The molecule has 2 N–H and O–H groups in total. The van der Waals surface area contributed by atoms with Gasteiger partial charge in [0.15, 0.2) is 0 Å². The lowest BCUT2D eigenvalue weighted by Crippen LogP contribution is -2.17. The standard InChI is InChI=1S/C8H10N2O3S/c1-6-3-4-8(7(11)5-6)14(12,13)10-9-2/h3-5,10-11H,2H2,1H3. The van der Waals surface area contributed by atoms with Crippen LogP contribution in [0.1, 0.15) is 5.56 Å². The average molecular weight is 214 g/mol. The van der Waals surface area contributed by atoms with Crippen LogP contribution in [0, 0.1) is 6.92 Å². The Morgan fingerprint density at radius 1 is 1.50 bits per heavy atom. The molecule has 0 saturated heterocycles. The summed E-state index contributed by atoms with van der Waals surface area (Å²) in [4.78, 5) is 1.61. The van der Waals surface area contributed by atoms with Crippen molar-refractivity contribution in [2.45, 2.75) is 11.8 Å². The fourth-order valence-electron chi connectivity index (χ4n) is 0.989. The molecule has 0 aromatic heterocycles. The van der Waals surface area contributed by atoms with Crippen LogP contribution in [0.4, 0.5) is 0 Å². The Morgan fingerprint density at radius 3 is 2.64 bits per heavy atom. The molecule has 1 aromatic rings. The van der Waals surface area contributed by atoms with E-state index in [1.54, 1.807) is 13.0 Å². The molecule has 0 bridgehead atoms. The molecule has 5 nitrogen and oxygen atoms in total. The zero-order chi connectivity index (χ0) is 10.8. The van der Waals surface area contributed by atoms with Crippen LogP contribution >= 0.6 is 0 Å². The van der Waals surface area contributed by atoms with Gasteiger partial charge in [-0.1, -0.05) is 6.07 Å². The molecule has 0 spiro atoms. The second kappa shape index (κ2) is 3.67. The zero-order valence-corrected chi connectivity index (χ0v) is 8.37. The molecule has 0 atom stereocenters. The quantitative estimate of drug-likeness (QED) is 0.571. The van der Waals surface area contributed by atoms with E-state index in [4.69, 9.17) is 0 Å². The summed E-state index contributed by atoms with van der Waals surface area (Å²) >= 11 is 0. The van der Waals surface area contributed by atoms with Crippen LogP contribution in [0.5, 0.6) is 5.75 Å². The van der Waals surface area contributed by atoms with Crippen molar-refractivity contribution in [2.75, 3.05) is 0 Å². The molecule has 0 saturated carbocycles. The maximum Gasteiger partial charge on any atom is 0.280 e. The van der Waals surface area contributed by atoms with Gasteiger partial charge in [-0.3, -0.25) is 0 Å². The third-order valence-corrected chi connectivity index (χ3v) is 2.88. The zero-order valence-electron chi connectivity index (χ0n) is 7.56. The summed E-state index contributed by atoms with van der Waals surface area (Å²) in [5.74, 6) is -0.304. The Morgan fingerprint density at radius 2 is 2.14 bits per heavy atom. The molecule has 0 aliphatic heterocycles. The Bertz CT molecular complexity index is 454. The molecule has 14 heavy (non-hydrogen) atoms. The molecule has 0 unspecified atom stereocenters. The highest BCUT2D eigenvalue weighted by atomic mass is 32.2. The number of aromatic hydroxyl groups is 1. The predicted octanol–water partition coefficient (Wildman–Crippen LogP) is 0.595. The van der Waals surface area contributed by atoms with Crippen LogP contribution in [0.25, 0.3) is 0 Å². The number of hydrogen-bond donors (Lipinski definition) is 2. The van der Waals surface area contributed by atoms with Gasteiger partial charge < -0.3 is 5.11 Å². The van der Waals surface area contributed by atoms with Crippen molar-refractivity contribution in [2.24, 2.45) is 5.10 Å². The van der Waals surface area contributed by atoms with Gasteiger partial charge in [0.1, 0.15) is 10.6 Å². The Balaban J connectivity index is 3.26. The van der Waals surface area contributed by atoms with E-state index >= 15 is 0 Å². The van der Waals surface area contributed by atoms with Gasteiger partial charge in [-0.25, -0.2) is 4.83 Å². The van der Waals surface area contributed by atoms with Crippen molar-refractivity contribution in [3.8, 4) is 5.75 Å². The lowest BCUT2D eigenvalue weighted by atomic mass is 10.2. The number of phenols is 1. The van der Waals surface area contributed by atoms with Gasteiger partial charge in [0.05, 0.1) is 0 Å². The van der Waals surface area contributed by atoms with Gasteiger partial charge in [0.2, 0.25) is 0 Å². The second-order valence-corrected chi connectivity index (χ2v) is 4.35. The first-order valence-corrected chi connectivity index (χ1v) is 5.23. The van der Waals surface area contributed by atoms with Crippen molar-refractivity contribution < 1.29 is 13.5 Å². The predicted molar refractivity (Wildman–Crippen MR) is 52.7 cm³/mol. The molecule has 1 rings (SSSR count). The summed E-state index contributed by atoms with van der Waals surface area (Å²) in [6.07, 6.45) is 0. The fraction of sp³-hybridized carbons (Fsp3) is 0.125. The number of aryl methyl sites for hydroxylation is 1. The summed E-state index contributed by atoms with van der Waals surface area (Å²) in [6.45, 7) is 4.74. The number of phenolic OH excluding ortho intramolecular Hbond substituents is 1. The molecule has 0 radical (unpaired) electrons. The number of hydrogen-bond acceptors (Lipinski definition) is 4. The smallest absolute Gasteiger partial charge is 0.280 e. The number of benzene rings is 1. The number of hydrazone groups is 1. The lowest BCUT2D eigenvalue weighted by Gasteiger charge is -2.05. The third kappa shape index (κ3) is 2.02. The SMILES string of the molecule is C=NNS(=O)(=O)c1ccc(C)cc1O. The van der Waals surface area contributed by atoms with Crippen LogP contribution in [-0.4, -0.2) is 20.2 Å². The summed E-state index contributed by atoms with van der Waals surface area (Å²) < 4.78 is 22.7. The maximum atomic E-state index is 11.4. The minimum Gasteiger partial charge on any atom is -0.507 e. The Kier molecular flexibility index (Phi) is 2.76. The molecule has 0 amide bonds. The molecular formula is C8H10N2O3S. The first-order chi connectivity index (χ1) is 6.47. The van der Waals surface area contributed by atoms with Crippen LogP contribution in [0.3, 0.4) is 0 Å². The highest BCUT2D eigenvalue weighted by Crippen LogP contribution is 2.22. The summed E-state index contributed by atoms with van der Waals surface area (Å²) in [5.41, 5.74) is 0.771. The molecule has 0 fully saturated rings. The topological polar surface area (TPSA) is 78.8 Å². The van der Waals surface area contributed by atoms with Gasteiger partial charge in [-0.05, 0) is 24.6 Å². The molecule has 76 valence electrons. The van der Waals surface area contributed by atoms with E-state index in [9.17, 15) is 13.5 Å². The van der Waals surface area contributed by atoms with Crippen molar-refractivity contribution in [1.82, 2.24) is 4.83 Å². The Hall–Kier alpha value is -1.56. The van der Waals surface area contributed by atoms with Gasteiger partial charge >= 0.3 is 0 Å². The Labute approximate surface area is 82.1 Å². The van der Waals surface area contributed by atoms with Gasteiger partial charge in [-0.2, -0.15) is 13.5 Å². The van der Waals surface area contributed by atoms with Crippen molar-refractivity contribution in [1.29, 1.82) is 0 Å². The fourth-order valence-corrected chi connectivity index (χ4v) is 1.84. The molecule has 0 aliphatic rings. The average Bonchev–Trinajstić information content (AvgIpc) is 2.02. The minimum atomic E-state index is -3.79.